The highest BCUT2D eigenvalue weighted by Gasteiger charge is 2.49. The fraction of sp³-hybridized carbons (Fsp3) is 0.867. The number of likely N-dealkylation sites (tertiary alicyclic amines) is 1. The molecule has 1 aliphatic heterocycles. The van der Waals surface area contributed by atoms with Crippen LogP contribution in [-0.4, -0.2) is 47.3 Å². The highest BCUT2D eigenvalue weighted by atomic mass is 19.1. The molecule has 0 aromatic rings. The van der Waals surface area contributed by atoms with E-state index in [0.717, 1.165) is 19.3 Å². The molecule has 0 radical (unpaired) electrons. The summed E-state index contributed by atoms with van der Waals surface area (Å²) in [5.74, 6) is -0.223. The zero-order valence-corrected chi connectivity index (χ0v) is 12.1. The van der Waals surface area contributed by atoms with E-state index in [1.54, 1.807) is 0 Å². The maximum atomic E-state index is 14.1. The predicted octanol–water partition coefficient (Wildman–Crippen LogP) is 1.85. The molecule has 1 heterocycles. The van der Waals surface area contributed by atoms with Crippen LogP contribution in [0.2, 0.25) is 0 Å². The number of carbonyl (C=O) groups excluding carboxylic acids is 1. The maximum Gasteiger partial charge on any atom is 0.237 e. The average molecular weight is 297 g/mol. The highest BCUT2D eigenvalue weighted by molar-refractivity contribution is 5.79. The van der Waals surface area contributed by atoms with Gasteiger partial charge in [-0.2, -0.15) is 5.26 Å². The number of halogens is 2. The fourth-order valence-corrected chi connectivity index (χ4v) is 3.95. The zero-order valence-electron chi connectivity index (χ0n) is 12.1. The lowest BCUT2D eigenvalue weighted by molar-refractivity contribution is -0.131. The lowest BCUT2D eigenvalue weighted by atomic mass is 9.64. The molecule has 1 saturated heterocycles. The number of nitrogens with one attached hydrogen (secondary N) is 1. The second-order valence-corrected chi connectivity index (χ2v) is 6.81. The first-order valence-electron chi connectivity index (χ1n) is 7.72. The van der Waals surface area contributed by atoms with E-state index < -0.39 is 17.9 Å². The van der Waals surface area contributed by atoms with Crippen LogP contribution in [0.25, 0.3) is 0 Å². The largest absolute Gasteiger partial charge is 0.323 e. The van der Waals surface area contributed by atoms with E-state index in [2.05, 4.69) is 5.32 Å². The molecule has 1 unspecified atom stereocenters. The number of carbonyl (C=O) groups is 1. The third kappa shape index (κ3) is 2.76. The second kappa shape index (κ2) is 5.20. The van der Waals surface area contributed by atoms with Crippen molar-refractivity contribution in [3.05, 3.63) is 0 Å². The van der Waals surface area contributed by atoms with Crippen molar-refractivity contribution < 1.29 is 13.6 Å². The van der Waals surface area contributed by atoms with E-state index >= 15 is 0 Å². The van der Waals surface area contributed by atoms with Gasteiger partial charge in [0.25, 0.3) is 0 Å². The summed E-state index contributed by atoms with van der Waals surface area (Å²) in [6, 6.07) is 1.34. The smallest absolute Gasteiger partial charge is 0.237 e. The Hall–Kier alpha value is -1.22. The van der Waals surface area contributed by atoms with Gasteiger partial charge in [-0.1, -0.05) is 0 Å². The molecule has 1 N–H and O–H groups in total. The van der Waals surface area contributed by atoms with Gasteiger partial charge in [0.1, 0.15) is 17.9 Å². The van der Waals surface area contributed by atoms with Gasteiger partial charge in [-0.25, -0.2) is 8.78 Å². The number of hydrogen-bond acceptors (Lipinski definition) is 3. The molecule has 2 bridgehead atoms. The summed E-state index contributed by atoms with van der Waals surface area (Å²) in [5.41, 5.74) is -1.13. The monoisotopic (exact) mass is 297 g/mol. The Balaban J connectivity index is 1.56. The van der Waals surface area contributed by atoms with Gasteiger partial charge >= 0.3 is 0 Å². The first-order valence-corrected chi connectivity index (χ1v) is 7.72. The summed E-state index contributed by atoms with van der Waals surface area (Å²) in [6.07, 6.45) is 2.95. The van der Waals surface area contributed by atoms with Crippen LogP contribution < -0.4 is 5.32 Å². The van der Waals surface area contributed by atoms with Crippen LogP contribution in [-0.2, 0) is 4.79 Å². The van der Waals surface area contributed by atoms with Gasteiger partial charge in [0.15, 0.2) is 0 Å². The third-order valence-electron chi connectivity index (χ3n) is 5.49. The molecule has 0 aromatic heterocycles. The maximum absolute atomic E-state index is 14.1. The predicted molar refractivity (Wildman–Crippen MR) is 72.9 cm³/mol. The van der Waals surface area contributed by atoms with Crippen molar-refractivity contribution in [3.8, 4) is 6.07 Å². The molecular formula is C15H21F2N3O. The summed E-state index contributed by atoms with van der Waals surface area (Å²) >= 11 is 0. The molecule has 4 rings (SSSR count). The number of nitriles is 1. The fourth-order valence-electron chi connectivity index (χ4n) is 3.95. The summed E-state index contributed by atoms with van der Waals surface area (Å²) in [5, 5.41) is 12.3. The van der Waals surface area contributed by atoms with Gasteiger partial charge in [0.05, 0.1) is 19.2 Å². The number of nitrogens with zero attached hydrogens (tertiary/aromatic N) is 2. The van der Waals surface area contributed by atoms with E-state index in [1.165, 1.54) is 4.90 Å². The second-order valence-electron chi connectivity index (χ2n) is 6.81. The molecule has 4 fully saturated rings. The van der Waals surface area contributed by atoms with Gasteiger partial charge in [-0.3, -0.25) is 4.79 Å². The molecule has 1 amide bonds. The lowest BCUT2D eigenvalue weighted by Crippen LogP contribution is -2.58. The quantitative estimate of drug-likeness (QED) is 0.865. The van der Waals surface area contributed by atoms with E-state index in [-0.39, 0.29) is 31.0 Å². The number of hydrogen-bond donors (Lipinski definition) is 1. The Bertz CT molecular complexity index is 452. The molecule has 0 spiro atoms. The molecule has 21 heavy (non-hydrogen) atoms. The average Bonchev–Trinajstić information content (AvgIpc) is 2.88. The van der Waals surface area contributed by atoms with Crippen LogP contribution in [0.4, 0.5) is 8.78 Å². The lowest BCUT2D eigenvalue weighted by Gasteiger charge is -2.50. The SMILES string of the molecule is N#C[C@@H]1CC(F)CN1C(=O)CNC12CCC(F)(CC1)CC2. The molecule has 2 atom stereocenters. The zero-order chi connectivity index (χ0) is 15.1. The Morgan fingerprint density at radius 2 is 1.90 bits per heavy atom. The van der Waals surface area contributed by atoms with E-state index in [4.69, 9.17) is 5.26 Å². The van der Waals surface area contributed by atoms with Crippen molar-refractivity contribution >= 4 is 5.91 Å². The number of alkyl halides is 2. The normalized spacial score (nSPS) is 42.0. The third-order valence-corrected chi connectivity index (χ3v) is 5.49. The van der Waals surface area contributed by atoms with Crippen LogP contribution in [0.3, 0.4) is 0 Å². The Labute approximate surface area is 123 Å². The van der Waals surface area contributed by atoms with Gasteiger partial charge in [0, 0.05) is 12.0 Å². The van der Waals surface area contributed by atoms with Crippen molar-refractivity contribution in [1.82, 2.24) is 10.2 Å². The Morgan fingerprint density at radius 3 is 2.48 bits per heavy atom. The minimum atomic E-state index is -1.10. The van der Waals surface area contributed by atoms with Gasteiger partial charge in [0.2, 0.25) is 5.91 Å². The summed E-state index contributed by atoms with van der Waals surface area (Å²) in [4.78, 5) is 13.5. The van der Waals surface area contributed by atoms with Gasteiger partial charge in [-0.15, -0.1) is 0 Å². The van der Waals surface area contributed by atoms with Crippen molar-refractivity contribution in [2.45, 2.75) is 68.4 Å². The molecule has 3 aliphatic carbocycles. The minimum absolute atomic E-state index is 0.0132. The molecule has 4 aliphatic rings. The highest BCUT2D eigenvalue weighted by Crippen LogP contribution is 2.48. The van der Waals surface area contributed by atoms with Crippen LogP contribution in [0, 0.1) is 11.3 Å². The number of fused-ring (bicyclic) bond motifs is 3. The van der Waals surface area contributed by atoms with Crippen molar-refractivity contribution in [2.75, 3.05) is 13.1 Å². The first-order chi connectivity index (χ1) is 9.95. The van der Waals surface area contributed by atoms with E-state index in [0.29, 0.717) is 19.3 Å². The van der Waals surface area contributed by atoms with Crippen molar-refractivity contribution in [3.63, 3.8) is 0 Å². The van der Waals surface area contributed by atoms with Crippen LogP contribution in [0.15, 0.2) is 0 Å². The first kappa shape index (κ1) is 14.7. The van der Waals surface area contributed by atoms with E-state index in [9.17, 15) is 13.6 Å². The van der Waals surface area contributed by atoms with E-state index in [1.807, 2.05) is 6.07 Å². The van der Waals surface area contributed by atoms with Gasteiger partial charge < -0.3 is 10.2 Å². The van der Waals surface area contributed by atoms with Crippen LogP contribution >= 0.6 is 0 Å². The molecular weight excluding hydrogens is 276 g/mol. The Morgan fingerprint density at radius 1 is 1.29 bits per heavy atom. The molecule has 4 nitrogen and oxygen atoms in total. The Kier molecular flexibility index (Phi) is 3.64. The molecule has 116 valence electrons. The molecule has 0 aromatic carbocycles. The number of rotatable bonds is 3. The summed E-state index contributed by atoms with van der Waals surface area (Å²) in [7, 11) is 0. The minimum Gasteiger partial charge on any atom is -0.323 e. The van der Waals surface area contributed by atoms with Crippen molar-refractivity contribution in [1.29, 1.82) is 5.26 Å². The number of amides is 1. The van der Waals surface area contributed by atoms with Crippen molar-refractivity contribution in [2.24, 2.45) is 0 Å². The molecule has 6 heteroatoms. The van der Waals surface area contributed by atoms with Crippen LogP contribution in [0.5, 0.6) is 0 Å². The standard InChI is InChI=1S/C15H21F2N3O/c16-11-7-12(8-18)20(10-11)13(21)9-19-15-4-1-14(17,2-5-15)3-6-15/h11-12,19H,1-7,9-10H2/t11?,12-,14?,15?/m0/s1. The summed E-state index contributed by atoms with van der Waals surface area (Å²) < 4.78 is 27.5. The molecule has 3 saturated carbocycles. The van der Waals surface area contributed by atoms with Crippen LogP contribution in [0.1, 0.15) is 44.9 Å². The van der Waals surface area contributed by atoms with Gasteiger partial charge in [-0.05, 0) is 38.5 Å². The summed E-state index contributed by atoms with van der Waals surface area (Å²) in [6.45, 7) is 0.128. The topological polar surface area (TPSA) is 56.1 Å².